The standard InChI is InChI=1S/C23H47N2O6PS2/c1-6-10-13-16-19-24(5)32(28,33-9-4)25(34(29,30)21-18-15-12-8-3)22(26)23(27)31-20-17-14-11-7-2/h6-21H2,1-5H3. The molecule has 34 heavy (non-hydrogen) atoms. The molecule has 0 radical (unpaired) electrons. The largest absolute Gasteiger partial charge is 0.459 e. The van der Waals surface area contributed by atoms with Crippen LogP contribution in [0.15, 0.2) is 0 Å². The van der Waals surface area contributed by atoms with E-state index in [9.17, 15) is 22.6 Å². The minimum absolute atomic E-state index is 0.0348. The second-order valence-electron chi connectivity index (χ2n) is 8.47. The Hall–Kier alpha value is -0.570. The Morgan fingerprint density at radius 3 is 1.88 bits per heavy atom. The number of ether oxygens (including phenoxy) is 1. The second kappa shape index (κ2) is 18.7. The van der Waals surface area contributed by atoms with Gasteiger partial charge in [0.2, 0.25) is 10.0 Å². The zero-order chi connectivity index (χ0) is 26.0. The van der Waals surface area contributed by atoms with Gasteiger partial charge in [0.15, 0.2) is 0 Å². The van der Waals surface area contributed by atoms with Crippen LogP contribution in [-0.4, -0.2) is 60.7 Å². The average Bonchev–Trinajstić information content (AvgIpc) is 2.79. The van der Waals surface area contributed by atoms with Crippen molar-refractivity contribution in [3.05, 3.63) is 0 Å². The molecule has 1 unspecified atom stereocenters. The molecule has 0 heterocycles. The smallest absolute Gasteiger partial charge is 0.398 e. The van der Waals surface area contributed by atoms with Gasteiger partial charge in [0.25, 0.3) is 0 Å². The molecule has 0 aliphatic rings. The first-order valence-electron chi connectivity index (χ1n) is 12.8. The minimum atomic E-state index is -4.29. The van der Waals surface area contributed by atoms with Gasteiger partial charge in [-0.3, -0.25) is 9.36 Å². The number of hydrogen-bond acceptors (Lipinski definition) is 7. The zero-order valence-corrected chi connectivity index (χ0v) is 24.4. The Morgan fingerprint density at radius 2 is 1.35 bits per heavy atom. The first-order chi connectivity index (χ1) is 16.1. The van der Waals surface area contributed by atoms with Crippen molar-refractivity contribution in [3.8, 4) is 0 Å². The highest BCUT2D eigenvalue weighted by Crippen LogP contribution is 2.65. The molecule has 0 aliphatic heterocycles. The van der Waals surface area contributed by atoms with Crippen molar-refractivity contribution in [2.45, 2.75) is 105 Å². The molecule has 1 amide bonds. The molecule has 0 aliphatic carbocycles. The summed E-state index contributed by atoms with van der Waals surface area (Å²) < 4.78 is 47.8. The molecule has 202 valence electrons. The topological polar surface area (TPSA) is 101 Å². The molecule has 0 saturated carbocycles. The van der Waals surface area contributed by atoms with E-state index in [-0.39, 0.29) is 12.4 Å². The van der Waals surface area contributed by atoms with Crippen LogP contribution in [-0.2, 0) is 28.9 Å². The van der Waals surface area contributed by atoms with Crippen LogP contribution in [0, 0.1) is 0 Å². The molecule has 1 atom stereocenters. The highest BCUT2D eigenvalue weighted by molar-refractivity contribution is 8.57. The summed E-state index contributed by atoms with van der Waals surface area (Å²) >= 11 is 0.910. The Labute approximate surface area is 212 Å². The van der Waals surface area contributed by atoms with Crippen molar-refractivity contribution < 1.29 is 27.3 Å². The van der Waals surface area contributed by atoms with Gasteiger partial charge in [-0.05, 0) is 26.3 Å². The highest BCUT2D eigenvalue weighted by Gasteiger charge is 2.48. The molecule has 0 spiro atoms. The molecule has 0 aromatic rings. The number of hydrogen-bond donors (Lipinski definition) is 0. The van der Waals surface area contributed by atoms with Gasteiger partial charge >= 0.3 is 18.5 Å². The number of carbonyl (C=O) groups excluding carboxylic acids is 2. The molecule has 0 bridgehead atoms. The van der Waals surface area contributed by atoms with E-state index in [0.717, 1.165) is 69.2 Å². The number of carbonyl (C=O) groups is 2. The fraction of sp³-hybridized carbons (Fsp3) is 0.913. The SMILES string of the molecule is CCCCCCOC(=O)C(=O)N(P(=O)(SCC)N(C)CCCCCC)S(=O)(=O)CCCCCC. The lowest BCUT2D eigenvalue weighted by Crippen LogP contribution is -2.43. The Kier molecular flexibility index (Phi) is 18.4. The number of amides is 1. The Morgan fingerprint density at radius 1 is 0.824 bits per heavy atom. The summed E-state index contributed by atoms with van der Waals surface area (Å²) in [4.78, 5) is 25.7. The van der Waals surface area contributed by atoms with Gasteiger partial charge in [0.05, 0.1) is 12.4 Å². The van der Waals surface area contributed by atoms with Gasteiger partial charge in [0, 0.05) is 12.3 Å². The van der Waals surface area contributed by atoms with Crippen LogP contribution in [0.3, 0.4) is 0 Å². The van der Waals surface area contributed by atoms with Crippen LogP contribution in [0.1, 0.15) is 105 Å². The molecule has 11 heteroatoms. The van der Waals surface area contributed by atoms with Crippen molar-refractivity contribution in [2.75, 3.05) is 31.7 Å². The summed E-state index contributed by atoms with van der Waals surface area (Å²) in [6.07, 6.45) is 9.92. The summed E-state index contributed by atoms with van der Waals surface area (Å²) in [5.74, 6) is -2.61. The second-order valence-corrected chi connectivity index (χ2v) is 15.8. The van der Waals surface area contributed by atoms with E-state index in [0.29, 0.717) is 35.6 Å². The number of unbranched alkanes of at least 4 members (excludes halogenated alkanes) is 9. The zero-order valence-electron chi connectivity index (χ0n) is 21.9. The fourth-order valence-electron chi connectivity index (χ4n) is 3.38. The molecule has 8 nitrogen and oxygen atoms in total. The lowest BCUT2D eigenvalue weighted by atomic mass is 10.2. The van der Waals surface area contributed by atoms with E-state index < -0.39 is 28.5 Å². The van der Waals surface area contributed by atoms with Crippen LogP contribution in [0.5, 0.6) is 0 Å². The van der Waals surface area contributed by atoms with Crippen molar-refractivity contribution in [1.29, 1.82) is 0 Å². The summed E-state index contributed by atoms with van der Waals surface area (Å²) in [6.45, 7) is 4.35. The van der Waals surface area contributed by atoms with Gasteiger partial charge in [-0.2, -0.15) is 4.08 Å². The lowest BCUT2D eigenvalue weighted by molar-refractivity contribution is -0.156. The minimum Gasteiger partial charge on any atom is -0.459 e. The van der Waals surface area contributed by atoms with Crippen molar-refractivity contribution in [2.24, 2.45) is 0 Å². The molecule has 0 aromatic carbocycles. The number of nitrogens with zero attached hydrogens (tertiary/aromatic N) is 2. The molecule has 0 aromatic heterocycles. The number of rotatable bonds is 20. The molecule has 0 N–H and O–H groups in total. The Bertz CT molecular complexity index is 733. The third-order valence-electron chi connectivity index (χ3n) is 5.39. The molecular weight excluding hydrogens is 495 g/mol. The van der Waals surface area contributed by atoms with E-state index in [1.165, 1.54) is 4.67 Å². The summed E-state index contributed by atoms with van der Waals surface area (Å²) in [6, 6.07) is 0. The third-order valence-corrected chi connectivity index (χ3v) is 14.0. The van der Waals surface area contributed by atoms with Crippen LogP contribution in [0.2, 0.25) is 0 Å². The van der Waals surface area contributed by atoms with Gasteiger partial charge in [-0.15, -0.1) is 0 Å². The molecule has 0 saturated heterocycles. The molecule has 0 fully saturated rings. The maximum absolute atomic E-state index is 14.2. The predicted octanol–water partition coefficient (Wildman–Crippen LogP) is 6.22. The summed E-state index contributed by atoms with van der Waals surface area (Å²) in [5.41, 5.74) is 0. The monoisotopic (exact) mass is 542 g/mol. The van der Waals surface area contributed by atoms with Crippen molar-refractivity contribution >= 4 is 39.9 Å². The third kappa shape index (κ3) is 11.9. The lowest BCUT2D eigenvalue weighted by Gasteiger charge is -2.35. The van der Waals surface area contributed by atoms with Crippen molar-refractivity contribution in [3.63, 3.8) is 0 Å². The van der Waals surface area contributed by atoms with Gasteiger partial charge in [-0.25, -0.2) is 17.9 Å². The van der Waals surface area contributed by atoms with Gasteiger partial charge in [0.1, 0.15) is 0 Å². The van der Waals surface area contributed by atoms with Crippen LogP contribution < -0.4 is 0 Å². The van der Waals surface area contributed by atoms with E-state index in [4.69, 9.17) is 4.74 Å². The van der Waals surface area contributed by atoms with Crippen molar-refractivity contribution in [1.82, 2.24) is 8.75 Å². The first kappa shape index (κ1) is 33.4. The summed E-state index contributed by atoms with van der Waals surface area (Å²) in [5, 5.41) is 0. The average molecular weight is 543 g/mol. The quantitative estimate of drug-likeness (QED) is 0.0773. The molecular formula is C23H47N2O6PS2. The van der Waals surface area contributed by atoms with E-state index in [1.54, 1.807) is 14.0 Å². The van der Waals surface area contributed by atoms with E-state index in [1.807, 2.05) is 6.92 Å². The van der Waals surface area contributed by atoms with E-state index in [2.05, 4.69) is 13.8 Å². The maximum Gasteiger partial charge on any atom is 0.398 e. The Balaban J connectivity index is 5.85. The van der Waals surface area contributed by atoms with Crippen LogP contribution in [0.4, 0.5) is 0 Å². The first-order valence-corrected chi connectivity index (χ1v) is 17.6. The molecule has 0 rings (SSSR count). The van der Waals surface area contributed by atoms with E-state index >= 15 is 0 Å². The van der Waals surface area contributed by atoms with Crippen LogP contribution in [0.25, 0.3) is 0 Å². The van der Waals surface area contributed by atoms with Gasteiger partial charge in [-0.1, -0.05) is 96.9 Å². The normalized spacial score (nSPS) is 13.6. The predicted molar refractivity (Wildman–Crippen MR) is 142 cm³/mol. The fourth-order valence-corrected chi connectivity index (χ4v) is 11.7. The maximum atomic E-state index is 14.2. The highest BCUT2D eigenvalue weighted by atomic mass is 32.7. The number of sulfonamides is 1. The summed E-state index contributed by atoms with van der Waals surface area (Å²) in [7, 11) is -2.72. The van der Waals surface area contributed by atoms with Gasteiger partial charge < -0.3 is 4.74 Å². The van der Waals surface area contributed by atoms with Crippen LogP contribution >= 0.6 is 18.0 Å². The number of esters is 1.